The number of benzene rings is 2. The second-order valence-corrected chi connectivity index (χ2v) is 6.04. The van der Waals surface area contributed by atoms with Crippen molar-refractivity contribution in [2.45, 2.75) is 6.92 Å². The normalized spacial score (nSPS) is 10.2. The molecule has 0 aliphatic heterocycles. The van der Waals surface area contributed by atoms with E-state index in [0.717, 1.165) is 5.56 Å². The maximum absolute atomic E-state index is 11.9. The van der Waals surface area contributed by atoms with E-state index >= 15 is 0 Å². The molecule has 0 saturated carbocycles. The highest BCUT2D eigenvalue weighted by Gasteiger charge is 2.09. The van der Waals surface area contributed by atoms with Gasteiger partial charge in [0.2, 0.25) is 0 Å². The lowest BCUT2D eigenvalue weighted by atomic mass is 10.1. The minimum absolute atomic E-state index is 0.0398. The molecule has 0 heterocycles. The molecule has 132 valence electrons. The zero-order chi connectivity index (χ0) is 18.2. The lowest BCUT2D eigenvalue weighted by Crippen LogP contribution is -2.31. The Morgan fingerprint density at radius 2 is 1.88 bits per heavy atom. The van der Waals surface area contributed by atoms with Gasteiger partial charge in [0.15, 0.2) is 0 Å². The first-order chi connectivity index (χ1) is 12.0. The van der Waals surface area contributed by atoms with Crippen LogP contribution < -0.4 is 10.1 Å². The van der Waals surface area contributed by atoms with Crippen LogP contribution in [0, 0.1) is 6.92 Å². The Bertz CT molecular complexity index is 764. The standard InChI is InChI=1S/C18H17Cl2NO4/c1-12-3-2-4-13(9-12)18(23)21-11-17(22)25-8-7-24-16-6-5-14(19)10-15(16)20/h2-6,9-10H,7-8,11H2,1H3,(H,21,23). The molecule has 1 amide bonds. The molecule has 2 aromatic rings. The van der Waals surface area contributed by atoms with E-state index in [9.17, 15) is 9.59 Å². The van der Waals surface area contributed by atoms with Gasteiger partial charge in [-0.2, -0.15) is 0 Å². The van der Waals surface area contributed by atoms with E-state index in [1.807, 2.05) is 13.0 Å². The average molecular weight is 382 g/mol. The third-order valence-corrected chi connectivity index (χ3v) is 3.70. The van der Waals surface area contributed by atoms with Crippen molar-refractivity contribution in [1.82, 2.24) is 5.32 Å². The number of aryl methyl sites for hydroxylation is 1. The van der Waals surface area contributed by atoms with Crippen molar-refractivity contribution in [3.63, 3.8) is 0 Å². The summed E-state index contributed by atoms with van der Waals surface area (Å²) in [7, 11) is 0. The molecule has 0 unspecified atom stereocenters. The van der Waals surface area contributed by atoms with Gasteiger partial charge in [0, 0.05) is 10.6 Å². The van der Waals surface area contributed by atoms with Crippen LogP contribution in [0.1, 0.15) is 15.9 Å². The molecule has 2 rings (SSSR count). The summed E-state index contributed by atoms with van der Waals surface area (Å²) in [5.74, 6) is -0.425. The second kappa shape index (κ2) is 9.30. The highest BCUT2D eigenvalue weighted by atomic mass is 35.5. The van der Waals surface area contributed by atoms with Crippen molar-refractivity contribution >= 4 is 35.1 Å². The van der Waals surface area contributed by atoms with Crippen LogP contribution in [0.15, 0.2) is 42.5 Å². The summed E-state index contributed by atoms with van der Waals surface area (Å²) in [5.41, 5.74) is 1.46. The van der Waals surface area contributed by atoms with Gasteiger partial charge >= 0.3 is 5.97 Å². The zero-order valence-electron chi connectivity index (χ0n) is 13.6. The van der Waals surface area contributed by atoms with Crippen molar-refractivity contribution in [3.8, 4) is 5.75 Å². The molecule has 0 atom stereocenters. The van der Waals surface area contributed by atoms with E-state index in [2.05, 4.69) is 5.32 Å². The average Bonchev–Trinajstić information content (AvgIpc) is 2.58. The first kappa shape index (κ1) is 19.1. The van der Waals surface area contributed by atoms with Crippen molar-refractivity contribution in [3.05, 3.63) is 63.6 Å². The number of amides is 1. The quantitative estimate of drug-likeness (QED) is 0.587. The Labute approximate surface area is 155 Å². The Morgan fingerprint density at radius 1 is 1.08 bits per heavy atom. The highest BCUT2D eigenvalue weighted by molar-refractivity contribution is 6.35. The third-order valence-electron chi connectivity index (χ3n) is 3.17. The number of ether oxygens (including phenoxy) is 2. The monoisotopic (exact) mass is 381 g/mol. The van der Waals surface area contributed by atoms with Crippen molar-refractivity contribution in [2.75, 3.05) is 19.8 Å². The fraction of sp³-hybridized carbons (Fsp3) is 0.222. The molecule has 5 nitrogen and oxygen atoms in total. The number of halogens is 2. The second-order valence-electron chi connectivity index (χ2n) is 5.20. The SMILES string of the molecule is Cc1cccc(C(=O)NCC(=O)OCCOc2ccc(Cl)cc2Cl)c1. The maximum Gasteiger partial charge on any atom is 0.325 e. The van der Waals surface area contributed by atoms with Crippen molar-refractivity contribution in [1.29, 1.82) is 0 Å². The molecular weight excluding hydrogens is 365 g/mol. The summed E-state index contributed by atoms with van der Waals surface area (Å²) in [6, 6.07) is 11.9. The van der Waals surface area contributed by atoms with Gasteiger partial charge in [0.25, 0.3) is 5.91 Å². The molecule has 7 heteroatoms. The summed E-state index contributed by atoms with van der Waals surface area (Å²) in [4.78, 5) is 23.5. The molecule has 0 spiro atoms. The number of hydrogen-bond donors (Lipinski definition) is 1. The Morgan fingerprint density at radius 3 is 2.60 bits per heavy atom. The Balaban J connectivity index is 1.68. The van der Waals surface area contributed by atoms with E-state index < -0.39 is 5.97 Å². The first-order valence-electron chi connectivity index (χ1n) is 7.54. The molecule has 0 fully saturated rings. The van der Waals surface area contributed by atoms with Crippen molar-refractivity contribution < 1.29 is 19.1 Å². The lowest BCUT2D eigenvalue weighted by Gasteiger charge is -2.09. The molecule has 0 bridgehead atoms. The van der Waals surface area contributed by atoms with E-state index in [4.69, 9.17) is 32.7 Å². The van der Waals surface area contributed by atoms with Gasteiger partial charge in [-0.05, 0) is 37.3 Å². The van der Waals surface area contributed by atoms with E-state index in [0.29, 0.717) is 21.4 Å². The molecular formula is C18H17Cl2NO4. The summed E-state index contributed by atoms with van der Waals surface area (Å²) in [6.07, 6.45) is 0. The molecule has 1 N–H and O–H groups in total. The van der Waals surface area contributed by atoms with Gasteiger partial charge in [-0.1, -0.05) is 40.9 Å². The summed E-state index contributed by atoms with van der Waals surface area (Å²) in [6.45, 7) is 1.85. The van der Waals surface area contributed by atoms with Gasteiger partial charge in [-0.3, -0.25) is 9.59 Å². The van der Waals surface area contributed by atoms with E-state index in [1.54, 1.807) is 36.4 Å². The van der Waals surface area contributed by atoms with Crippen LogP contribution in [-0.4, -0.2) is 31.6 Å². The fourth-order valence-electron chi connectivity index (χ4n) is 1.99. The Hall–Kier alpha value is -2.24. The highest BCUT2D eigenvalue weighted by Crippen LogP contribution is 2.27. The minimum atomic E-state index is -0.549. The number of carbonyl (C=O) groups excluding carboxylic acids is 2. The summed E-state index contributed by atoms with van der Waals surface area (Å²) < 4.78 is 10.4. The predicted octanol–water partition coefficient (Wildman–Crippen LogP) is 3.65. The molecule has 0 saturated heterocycles. The zero-order valence-corrected chi connectivity index (χ0v) is 15.1. The van der Waals surface area contributed by atoms with Crippen molar-refractivity contribution in [2.24, 2.45) is 0 Å². The number of hydrogen-bond acceptors (Lipinski definition) is 4. The third kappa shape index (κ3) is 6.29. The lowest BCUT2D eigenvalue weighted by molar-refractivity contribution is -0.143. The topological polar surface area (TPSA) is 64.6 Å². The van der Waals surface area contributed by atoms with Crippen LogP contribution in [0.25, 0.3) is 0 Å². The minimum Gasteiger partial charge on any atom is -0.488 e. The predicted molar refractivity (Wildman–Crippen MR) is 96.4 cm³/mol. The van der Waals surface area contributed by atoms with Crippen LogP contribution in [0.2, 0.25) is 10.0 Å². The molecule has 2 aromatic carbocycles. The smallest absolute Gasteiger partial charge is 0.325 e. The van der Waals surface area contributed by atoms with E-state index in [-0.39, 0.29) is 25.7 Å². The van der Waals surface area contributed by atoms with E-state index in [1.165, 1.54) is 0 Å². The molecule has 0 aliphatic carbocycles. The van der Waals surface area contributed by atoms with Gasteiger partial charge in [-0.25, -0.2) is 0 Å². The summed E-state index contributed by atoms with van der Waals surface area (Å²) >= 11 is 11.7. The number of rotatable bonds is 7. The maximum atomic E-state index is 11.9. The molecule has 0 aromatic heterocycles. The molecule has 0 aliphatic rings. The number of carbonyl (C=O) groups is 2. The fourth-order valence-corrected chi connectivity index (χ4v) is 2.45. The van der Waals surface area contributed by atoms with Gasteiger partial charge in [0.1, 0.15) is 25.5 Å². The van der Waals surface area contributed by atoms with Crippen LogP contribution in [0.5, 0.6) is 5.75 Å². The van der Waals surface area contributed by atoms with Crippen LogP contribution >= 0.6 is 23.2 Å². The number of nitrogens with one attached hydrogen (secondary N) is 1. The van der Waals surface area contributed by atoms with Gasteiger partial charge in [0.05, 0.1) is 5.02 Å². The number of esters is 1. The van der Waals surface area contributed by atoms with Crippen LogP contribution in [0.4, 0.5) is 0 Å². The van der Waals surface area contributed by atoms with Gasteiger partial charge < -0.3 is 14.8 Å². The summed E-state index contributed by atoms with van der Waals surface area (Å²) in [5, 5.41) is 3.40. The van der Waals surface area contributed by atoms with Gasteiger partial charge in [-0.15, -0.1) is 0 Å². The first-order valence-corrected chi connectivity index (χ1v) is 8.29. The Kier molecular flexibility index (Phi) is 7.10. The molecule has 0 radical (unpaired) electrons. The van der Waals surface area contributed by atoms with Crippen LogP contribution in [0.3, 0.4) is 0 Å². The largest absolute Gasteiger partial charge is 0.488 e. The molecule has 25 heavy (non-hydrogen) atoms. The van der Waals surface area contributed by atoms with Crippen LogP contribution in [-0.2, 0) is 9.53 Å².